The fourth-order valence-electron chi connectivity index (χ4n) is 2.22. The van der Waals surface area contributed by atoms with Gasteiger partial charge in [0.05, 0.1) is 5.75 Å². The Hall–Kier alpha value is -2.12. The molecule has 0 radical (unpaired) electrons. The van der Waals surface area contributed by atoms with E-state index in [0.717, 1.165) is 16.7 Å². The van der Waals surface area contributed by atoms with Gasteiger partial charge in [-0.05, 0) is 24.3 Å². The standard InChI is InChI=1S/C15H11ClFN3O2S/c16-10-2-1-3-11(17)13(10)14-20(12(21)8-23-14)15(22)19-9-4-6-18-7-5-9/h1-7,14H,8H2,(H,18,19,22). The summed E-state index contributed by atoms with van der Waals surface area (Å²) in [4.78, 5) is 29.3. The highest BCUT2D eigenvalue weighted by atomic mass is 35.5. The van der Waals surface area contributed by atoms with E-state index in [2.05, 4.69) is 10.3 Å². The number of aromatic nitrogens is 1. The molecule has 1 aliphatic heterocycles. The highest BCUT2D eigenvalue weighted by molar-refractivity contribution is 8.00. The van der Waals surface area contributed by atoms with Gasteiger partial charge in [0.1, 0.15) is 11.2 Å². The topological polar surface area (TPSA) is 62.3 Å². The van der Waals surface area contributed by atoms with Crippen LogP contribution in [0, 0.1) is 5.82 Å². The average molecular weight is 352 g/mol. The lowest BCUT2D eigenvalue weighted by Crippen LogP contribution is -2.38. The number of anilines is 1. The van der Waals surface area contributed by atoms with Crippen molar-refractivity contribution in [1.82, 2.24) is 9.88 Å². The minimum absolute atomic E-state index is 0.0824. The Morgan fingerprint density at radius 1 is 1.35 bits per heavy atom. The minimum Gasteiger partial charge on any atom is -0.307 e. The minimum atomic E-state index is -0.793. The predicted octanol–water partition coefficient (Wildman–Crippen LogP) is 3.68. The van der Waals surface area contributed by atoms with Gasteiger partial charge >= 0.3 is 6.03 Å². The number of nitrogens with zero attached hydrogens (tertiary/aromatic N) is 2. The molecule has 1 atom stereocenters. The van der Waals surface area contributed by atoms with Crippen molar-refractivity contribution in [1.29, 1.82) is 0 Å². The summed E-state index contributed by atoms with van der Waals surface area (Å²) in [6.45, 7) is 0. The maximum Gasteiger partial charge on any atom is 0.329 e. The van der Waals surface area contributed by atoms with Gasteiger partial charge in [0, 0.05) is 28.7 Å². The molecule has 1 aliphatic rings. The van der Waals surface area contributed by atoms with Gasteiger partial charge in [0.15, 0.2) is 0 Å². The molecule has 23 heavy (non-hydrogen) atoms. The largest absolute Gasteiger partial charge is 0.329 e. The van der Waals surface area contributed by atoms with Crippen LogP contribution in [0.25, 0.3) is 0 Å². The van der Waals surface area contributed by atoms with Gasteiger partial charge in [0.2, 0.25) is 5.91 Å². The van der Waals surface area contributed by atoms with Crippen LogP contribution in [0.1, 0.15) is 10.9 Å². The lowest BCUT2D eigenvalue weighted by Gasteiger charge is -2.23. The second kappa shape index (κ2) is 6.55. The highest BCUT2D eigenvalue weighted by Gasteiger charge is 2.40. The van der Waals surface area contributed by atoms with Gasteiger partial charge in [-0.2, -0.15) is 0 Å². The van der Waals surface area contributed by atoms with Crippen molar-refractivity contribution in [2.75, 3.05) is 11.1 Å². The molecule has 8 heteroatoms. The molecule has 1 aromatic heterocycles. The van der Waals surface area contributed by atoms with Crippen molar-refractivity contribution in [3.05, 3.63) is 59.1 Å². The van der Waals surface area contributed by atoms with Crippen LogP contribution in [-0.4, -0.2) is 27.6 Å². The van der Waals surface area contributed by atoms with Crippen molar-refractivity contribution in [3.8, 4) is 0 Å². The van der Waals surface area contributed by atoms with Gasteiger partial charge in [-0.3, -0.25) is 9.78 Å². The van der Waals surface area contributed by atoms with Crippen molar-refractivity contribution in [2.24, 2.45) is 0 Å². The summed E-state index contributed by atoms with van der Waals surface area (Å²) in [6, 6.07) is 6.82. The third-order valence-corrected chi connectivity index (χ3v) is 4.77. The van der Waals surface area contributed by atoms with Crippen molar-refractivity contribution in [3.63, 3.8) is 0 Å². The number of pyridine rings is 1. The zero-order chi connectivity index (χ0) is 16.4. The lowest BCUT2D eigenvalue weighted by molar-refractivity contribution is -0.124. The Labute approximate surface area is 140 Å². The van der Waals surface area contributed by atoms with E-state index in [4.69, 9.17) is 11.6 Å². The molecule has 5 nitrogen and oxygen atoms in total. The summed E-state index contributed by atoms with van der Waals surface area (Å²) in [5.74, 6) is -0.865. The zero-order valence-corrected chi connectivity index (χ0v) is 13.3. The first-order chi connectivity index (χ1) is 11.1. The van der Waals surface area contributed by atoms with Gasteiger partial charge in [-0.1, -0.05) is 17.7 Å². The first-order valence-corrected chi connectivity index (χ1v) is 8.09. The predicted molar refractivity (Wildman–Crippen MR) is 86.7 cm³/mol. The van der Waals surface area contributed by atoms with Crippen LogP contribution in [0.2, 0.25) is 5.02 Å². The fraction of sp³-hybridized carbons (Fsp3) is 0.133. The number of imide groups is 1. The molecule has 2 heterocycles. The van der Waals surface area contributed by atoms with E-state index in [1.54, 1.807) is 12.1 Å². The second-order valence-electron chi connectivity index (χ2n) is 4.73. The zero-order valence-electron chi connectivity index (χ0n) is 11.7. The molecule has 2 aromatic rings. The molecule has 3 amide bonds. The molecule has 0 spiro atoms. The molecule has 3 rings (SSSR count). The Morgan fingerprint density at radius 3 is 2.78 bits per heavy atom. The van der Waals surface area contributed by atoms with E-state index < -0.39 is 23.1 Å². The third kappa shape index (κ3) is 3.16. The number of carbonyl (C=O) groups excluding carboxylic acids is 2. The number of hydrogen-bond acceptors (Lipinski definition) is 4. The number of amides is 3. The summed E-state index contributed by atoms with van der Waals surface area (Å²) < 4.78 is 14.1. The van der Waals surface area contributed by atoms with Crippen LogP contribution >= 0.6 is 23.4 Å². The first kappa shape index (κ1) is 15.8. The number of rotatable bonds is 2. The summed E-state index contributed by atoms with van der Waals surface area (Å²) in [7, 11) is 0. The molecular formula is C15H11ClFN3O2S. The van der Waals surface area contributed by atoms with E-state index in [0.29, 0.717) is 5.69 Å². The van der Waals surface area contributed by atoms with Crippen LogP contribution in [0.15, 0.2) is 42.7 Å². The summed E-state index contributed by atoms with van der Waals surface area (Å²) in [5.41, 5.74) is 0.628. The Bertz CT molecular complexity index is 739. The van der Waals surface area contributed by atoms with Crippen LogP contribution in [0.4, 0.5) is 14.9 Å². The number of benzene rings is 1. The number of urea groups is 1. The number of carbonyl (C=O) groups is 2. The van der Waals surface area contributed by atoms with Crippen molar-refractivity contribution < 1.29 is 14.0 Å². The van der Waals surface area contributed by atoms with Gasteiger partial charge in [-0.15, -0.1) is 11.8 Å². The second-order valence-corrected chi connectivity index (χ2v) is 6.20. The number of hydrogen-bond donors (Lipinski definition) is 1. The molecule has 0 bridgehead atoms. The Morgan fingerprint density at radius 2 is 2.09 bits per heavy atom. The summed E-state index contributed by atoms with van der Waals surface area (Å²) in [6.07, 6.45) is 3.03. The van der Waals surface area contributed by atoms with Crippen LogP contribution in [0.3, 0.4) is 0 Å². The summed E-state index contributed by atoms with van der Waals surface area (Å²) in [5, 5.41) is 1.99. The number of thioether (sulfide) groups is 1. The maximum absolute atomic E-state index is 14.1. The average Bonchev–Trinajstić information content (AvgIpc) is 2.90. The van der Waals surface area contributed by atoms with Gasteiger partial charge < -0.3 is 5.32 Å². The monoisotopic (exact) mass is 351 g/mol. The van der Waals surface area contributed by atoms with Crippen LogP contribution in [-0.2, 0) is 4.79 Å². The third-order valence-electron chi connectivity index (χ3n) is 3.26. The van der Waals surface area contributed by atoms with Gasteiger partial charge in [-0.25, -0.2) is 14.1 Å². The number of halogens is 2. The molecule has 0 aliphatic carbocycles. The van der Waals surface area contributed by atoms with E-state index in [1.807, 2.05) is 0 Å². The normalized spacial score (nSPS) is 17.4. The molecule has 1 unspecified atom stereocenters. The van der Waals surface area contributed by atoms with Crippen molar-refractivity contribution in [2.45, 2.75) is 5.37 Å². The molecule has 1 aromatic carbocycles. The highest BCUT2D eigenvalue weighted by Crippen LogP contribution is 2.42. The molecule has 1 N–H and O–H groups in total. The molecule has 0 saturated carbocycles. The molecule has 118 valence electrons. The van der Waals surface area contributed by atoms with E-state index in [1.165, 1.54) is 30.6 Å². The smallest absolute Gasteiger partial charge is 0.307 e. The van der Waals surface area contributed by atoms with E-state index >= 15 is 0 Å². The maximum atomic E-state index is 14.1. The van der Waals surface area contributed by atoms with E-state index in [9.17, 15) is 14.0 Å². The number of nitrogens with one attached hydrogen (secondary N) is 1. The Kier molecular flexibility index (Phi) is 4.49. The van der Waals surface area contributed by atoms with Crippen LogP contribution < -0.4 is 5.32 Å². The molecule has 1 saturated heterocycles. The van der Waals surface area contributed by atoms with E-state index in [-0.39, 0.29) is 16.3 Å². The SMILES string of the molecule is O=C1CSC(c2c(F)cccc2Cl)N1C(=O)Nc1ccncc1. The quantitative estimate of drug-likeness (QED) is 0.896. The molecular weight excluding hydrogens is 341 g/mol. The van der Waals surface area contributed by atoms with Crippen molar-refractivity contribution >= 4 is 41.0 Å². The summed E-state index contributed by atoms with van der Waals surface area (Å²) >= 11 is 7.21. The lowest BCUT2D eigenvalue weighted by atomic mass is 10.2. The van der Waals surface area contributed by atoms with Crippen LogP contribution in [0.5, 0.6) is 0 Å². The Balaban J connectivity index is 1.90. The first-order valence-electron chi connectivity index (χ1n) is 6.66. The molecule has 1 fully saturated rings. The fourth-order valence-corrected chi connectivity index (χ4v) is 3.76. The van der Waals surface area contributed by atoms with Gasteiger partial charge in [0.25, 0.3) is 0 Å².